The maximum Gasteiger partial charge on any atom is 0.338 e. The molecule has 150 valence electrons. The Labute approximate surface area is 163 Å². The number of sulfonamides is 1. The number of pyridine rings is 1. The molecular weight excluding hydrogens is 408 g/mol. The molecule has 0 bridgehead atoms. The summed E-state index contributed by atoms with van der Waals surface area (Å²) in [5, 5.41) is 16.5. The largest absolute Gasteiger partial charge is 0.478 e. The molecule has 1 aliphatic rings. The third kappa shape index (κ3) is 3.78. The van der Waals surface area contributed by atoms with E-state index in [9.17, 15) is 22.0 Å². The van der Waals surface area contributed by atoms with Crippen molar-refractivity contribution in [2.45, 2.75) is 23.8 Å². The lowest BCUT2D eigenvalue weighted by Gasteiger charge is -2.10. The van der Waals surface area contributed by atoms with Gasteiger partial charge >= 0.3 is 5.97 Å². The molecule has 0 radical (unpaired) electrons. The predicted molar refractivity (Wildman–Crippen MR) is 95.3 cm³/mol. The zero-order valence-corrected chi connectivity index (χ0v) is 15.4. The van der Waals surface area contributed by atoms with E-state index >= 15 is 0 Å². The quantitative estimate of drug-likeness (QED) is 0.625. The molecule has 0 saturated heterocycles. The van der Waals surface area contributed by atoms with Crippen LogP contribution in [0.5, 0.6) is 0 Å². The summed E-state index contributed by atoms with van der Waals surface area (Å²) in [6.45, 7) is 0. The van der Waals surface area contributed by atoms with Crippen molar-refractivity contribution in [2.24, 2.45) is 0 Å². The molecule has 2 aromatic heterocycles. The Morgan fingerprint density at radius 3 is 2.62 bits per heavy atom. The Morgan fingerprint density at radius 1 is 1.24 bits per heavy atom. The molecule has 1 saturated carbocycles. The number of benzene rings is 1. The zero-order valence-electron chi connectivity index (χ0n) is 14.6. The molecule has 0 spiro atoms. The van der Waals surface area contributed by atoms with Gasteiger partial charge in [-0.15, -0.1) is 5.10 Å². The first-order valence-corrected chi connectivity index (χ1v) is 9.87. The normalized spacial score (nSPS) is 14.0. The molecule has 1 aliphatic carbocycles. The number of nitrogens with zero attached hydrogens (tertiary/aromatic N) is 4. The van der Waals surface area contributed by atoms with Gasteiger partial charge in [0.1, 0.15) is 11.4 Å². The Balaban J connectivity index is 1.60. The van der Waals surface area contributed by atoms with Crippen LogP contribution in [0, 0.1) is 11.6 Å². The standard InChI is InChI=1S/C17H13F2N5O4S/c18-10-5-12(17(25)26)16(19)13(6-10)22-29(27,28)15-4-3-11(7-20-15)24-8-14(21-23-24)9-1-2-9/h3-9,22H,1-2H2,(H,25,26). The molecule has 0 aliphatic heterocycles. The second-order valence-corrected chi connectivity index (χ2v) is 8.07. The fourth-order valence-electron chi connectivity index (χ4n) is 2.65. The van der Waals surface area contributed by atoms with Crippen molar-refractivity contribution in [1.29, 1.82) is 0 Å². The number of carbonyl (C=O) groups is 1. The highest BCUT2D eigenvalue weighted by Crippen LogP contribution is 2.38. The van der Waals surface area contributed by atoms with Gasteiger partial charge in [0.2, 0.25) is 0 Å². The van der Waals surface area contributed by atoms with Gasteiger partial charge in [-0.3, -0.25) is 4.72 Å². The number of anilines is 1. The fourth-order valence-corrected chi connectivity index (χ4v) is 3.63. The van der Waals surface area contributed by atoms with Gasteiger partial charge in [-0.25, -0.2) is 23.2 Å². The third-order valence-electron chi connectivity index (χ3n) is 4.28. The first-order valence-electron chi connectivity index (χ1n) is 8.38. The van der Waals surface area contributed by atoms with Gasteiger partial charge in [-0.2, -0.15) is 8.42 Å². The molecule has 4 rings (SSSR count). The van der Waals surface area contributed by atoms with E-state index in [0.717, 1.165) is 24.6 Å². The molecule has 1 aromatic carbocycles. The number of nitrogens with one attached hydrogen (secondary N) is 1. The fraction of sp³-hybridized carbons (Fsp3) is 0.176. The van der Waals surface area contributed by atoms with Gasteiger partial charge in [0.05, 0.1) is 29.5 Å². The van der Waals surface area contributed by atoms with E-state index in [1.54, 1.807) is 6.20 Å². The van der Waals surface area contributed by atoms with Crippen molar-refractivity contribution in [2.75, 3.05) is 4.72 Å². The summed E-state index contributed by atoms with van der Waals surface area (Å²) >= 11 is 0. The van der Waals surface area contributed by atoms with Crippen LogP contribution in [0.2, 0.25) is 0 Å². The number of carboxylic acids is 1. The topological polar surface area (TPSA) is 127 Å². The first kappa shape index (κ1) is 18.9. The van der Waals surface area contributed by atoms with Crippen LogP contribution in [0.15, 0.2) is 41.7 Å². The maximum atomic E-state index is 14.2. The minimum Gasteiger partial charge on any atom is -0.478 e. The number of hydrogen-bond acceptors (Lipinski definition) is 6. The summed E-state index contributed by atoms with van der Waals surface area (Å²) in [7, 11) is -4.40. The Kier molecular flexibility index (Phi) is 4.49. The summed E-state index contributed by atoms with van der Waals surface area (Å²) < 4.78 is 55.9. The number of halogens is 2. The minimum absolute atomic E-state index is 0.400. The lowest BCUT2D eigenvalue weighted by Crippen LogP contribution is -2.17. The highest BCUT2D eigenvalue weighted by Gasteiger charge is 2.27. The second-order valence-electron chi connectivity index (χ2n) is 6.44. The van der Waals surface area contributed by atoms with Gasteiger partial charge < -0.3 is 5.11 Å². The van der Waals surface area contributed by atoms with Crippen LogP contribution in [-0.4, -0.2) is 39.5 Å². The van der Waals surface area contributed by atoms with Crippen LogP contribution in [0.3, 0.4) is 0 Å². The summed E-state index contributed by atoms with van der Waals surface area (Å²) in [5.41, 5.74) is -0.519. The molecule has 2 N–H and O–H groups in total. The van der Waals surface area contributed by atoms with E-state index in [2.05, 4.69) is 15.3 Å². The zero-order chi connectivity index (χ0) is 20.8. The van der Waals surface area contributed by atoms with Crippen molar-refractivity contribution in [3.63, 3.8) is 0 Å². The van der Waals surface area contributed by atoms with Crippen molar-refractivity contribution in [3.8, 4) is 5.69 Å². The van der Waals surface area contributed by atoms with E-state index in [1.165, 1.54) is 16.9 Å². The van der Waals surface area contributed by atoms with Crippen molar-refractivity contribution in [3.05, 3.63) is 59.6 Å². The SMILES string of the molecule is O=C(O)c1cc(F)cc(NS(=O)(=O)c2ccc(-n3cc(C4CC4)nn3)cn2)c1F. The monoisotopic (exact) mass is 421 g/mol. The van der Waals surface area contributed by atoms with E-state index < -0.39 is 43.9 Å². The lowest BCUT2D eigenvalue weighted by molar-refractivity contribution is 0.0691. The van der Waals surface area contributed by atoms with E-state index in [4.69, 9.17) is 5.11 Å². The maximum absolute atomic E-state index is 14.2. The van der Waals surface area contributed by atoms with Crippen LogP contribution >= 0.6 is 0 Å². The number of aromatic nitrogens is 4. The van der Waals surface area contributed by atoms with Gasteiger partial charge in [-0.1, -0.05) is 5.21 Å². The van der Waals surface area contributed by atoms with Crippen LogP contribution in [0.4, 0.5) is 14.5 Å². The van der Waals surface area contributed by atoms with Gasteiger partial charge in [0, 0.05) is 12.0 Å². The van der Waals surface area contributed by atoms with Crippen molar-refractivity contribution < 1.29 is 27.1 Å². The molecule has 3 aromatic rings. The van der Waals surface area contributed by atoms with Gasteiger partial charge in [-0.05, 0) is 31.0 Å². The molecule has 2 heterocycles. The summed E-state index contributed by atoms with van der Waals surface area (Å²) in [6, 6.07) is 3.59. The number of carboxylic acid groups (broad SMARTS) is 1. The van der Waals surface area contributed by atoms with E-state index in [0.29, 0.717) is 23.7 Å². The number of hydrogen-bond donors (Lipinski definition) is 2. The van der Waals surface area contributed by atoms with Gasteiger partial charge in [0.25, 0.3) is 10.0 Å². The number of aromatic carboxylic acids is 1. The molecule has 12 heteroatoms. The molecule has 0 atom stereocenters. The summed E-state index contributed by atoms with van der Waals surface area (Å²) in [4.78, 5) is 14.8. The molecule has 1 fully saturated rings. The predicted octanol–water partition coefficient (Wildman–Crippen LogP) is 2.32. The Hall–Kier alpha value is -3.41. The molecule has 0 amide bonds. The smallest absolute Gasteiger partial charge is 0.338 e. The summed E-state index contributed by atoms with van der Waals surface area (Å²) in [5.74, 6) is -3.85. The Morgan fingerprint density at radius 2 is 2.00 bits per heavy atom. The van der Waals surface area contributed by atoms with Crippen molar-refractivity contribution >= 4 is 21.7 Å². The highest BCUT2D eigenvalue weighted by atomic mass is 32.2. The highest BCUT2D eigenvalue weighted by molar-refractivity contribution is 7.92. The first-order chi connectivity index (χ1) is 13.7. The number of rotatable bonds is 6. The molecule has 29 heavy (non-hydrogen) atoms. The lowest BCUT2D eigenvalue weighted by atomic mass is 10.2. The molecule has 0 unspecified atom stereocenters. The third-order valence-corrected chi connectivity index (χ3v) is 5.56. The van der Waals surface area contributed by atoms with Crippen LogP contribution < -0.4 is 4.72 Å². The van der Waals surface area contributed by atoms with Crippen LogP contribution in [0.1, 0.15) is 34.8 Å². The van der Waals surface area contributed by atoms with E-state index in [1.807, 2.05) is 4.72 Å². The average Bonchev–Trinajstić information content (AvgIpc) is 3.41. The molecular formula is C17H13F2N5O4S. The Bertz CT molecular complexity index is 1210. The minimum atomic E-state index is -4.40. The van der Waals surface area contributed by atoms with Crippen molar-refractivity contribution in [1.82, 2.24) is 20.0 Å². The summed E-state index contributed by atoms with van der Waals surface area (Å²) in [6.07, 6.45) is 5.08. The van der Waals surface area contributed by atoms with Crippen LogP contribution in [0.25, 0.3) is 5.69 Å². The van der Waals surface area contributed by atoms with E-state index in [-0.39, 0.29) is 0 Å². The second kappa shape index (κ2) is 6.88. The average molecular weight is 421 g/mol. The van der Waals surface area contributed by atoms with Gasteiger partial charge in [0.15, 0.2) is 10.8 Å². The van der Waals surface area contributed by atoms with Crippen LogP contribution in [-0.2, 0) is 10.0 Å². The molecule has 9 nitrogen and oxygen atoms in total.